The first-order valence-electron chi connectivity index (χ1n) is 10.5. The molecule has 7 nitrogen and oxygen atoms in total. The second-order valence-electron chi connectivity index (χ2n) is 7.97. The minimum Gasteiger partial charge on any atom is -0.388 e. The highest BCUT2D eigenvalue weighted by Gasteiger charge is 2.38. The Balaban J connectivity index is 1.87. The smallest absolute Gasteiger partial charge is 0.388 e. The van der Waals surface area contributed by atoms with Gasteiger partial charge in [-0.3, -0.25) is 9.97 Å². The highest BCUT2D eigenvalue weighted by Crippen LogP contribution is 2.46. The lowest BCUT2D eigenvalue weighted by Crippen LogP contribution is -2.12. The monoisotopic (exact) mass is 479 g/mol. The summed E-state index contributed by atoms with van der Waals surface area (Å²) in [7, 11) is 1.66. The first kappa shape index (κ1) is 22.5. The summed E-state index contributed by atoms with van der Waals surface area (Å²) >= 11 is 0. The predicted molar refractivity (Wildman–Crippen MR) is 120 cm³/mol. The molecule has 11 heteroatoms. The van der Waals surface area contributed by atoms with Crippen LogP contribution in [0.4, 0.5) is 23.2 Å². The minimum absolute atomic E-state index is 0.189. The van der Waals surface area contributed by atoms with Crippen molar-refractivity contribution in [2.75, 3.05) is 12.4 Å². The van der Waals surface area contributed by atoms with Crippen molar-refractivity contribution in [3.8, 4) is 34.0 Å². The molecular formula is C24H17F4N7. The Bertz CT molecular complexity index is 1520. The summed E-state index contributed by atoms with van der Waals surface area (Å²) in [5.41, 5.74) is 8.50. The molecule has 0 fully saturated rings. The third kappa shape index (κ3) is 3.68. The Hall–Kier alpha value is -4.30. The normalized spacial score (nSPS) is 12.3. The Morgan fingerprint density at radius 2 is 1.97 bits per heavy atom. The third-order valence-corrected chi connectivity index (χ3v) is 5.91. The van der Waals surface area contributed by atoms with Crippen molar-refractivity contribution in [3.63, 3.8) is 0 Å². The number of benzene rings is 1. The molecule has 0 radical (unpaired) electrons. The van der Waals surface area contributed by atoms with Crippen LogP contribution in [0.1, 0.15) is 28.1 Å². The number of pyridine rings is 2. The van der Waals surface area contributed by atoms with Gasteiger partial charge in [0.15, 0.2) is 5.69 Å². The van der Waals surface area contributed by atoms with E-state index in [1.54, 1.807) is 13.1 Å². The summed E-state index contributed by atoms with van der Waals surface area (Å²) in [6.45, 7) is -0.377. The molecule has 3 N–H and O–H groups in total. The SMILES string of the molecule is CNc1cc(F)cc2c1Cc1ncc(-c3cncc(C#N)c3)c(-n3cc(CN)c(C(F)(F)F)n3)c1-2. The van der Waals surface area contributed by atoms with Gasteiger partial charge >= 0.3 is 6.18 Å². The van der Waals surface area contributed by atoms with E-state index in [2.05, 4.69) is 20.4 Å². The number of nitrogens with one attached hydrogen (secondary N) is 1. The molecule has 4 aromatic rings. The summed E-state index contributed by atoms with van der Waals surface area (Å²) in [4.78, 5) is 8.62. The summed E-state index contributed by atoms with van der Waals surface area (Å²) in [5.74, 6) is -0.510. The first-order chi connectivity index (χ1) is 16.7. The van der Waals surface area contributed by atoms with Crippen LogP contribution in [-0.2, 0) is 19.1 Å². The summed E-state index contributed by atoms with van der Waals surface area (Å²) < 4.78 is 56.8. The van der Waals surface area contributed by atoms with Crippen LogP contribution < -0.4 is 11.1 Å². The van der Waals surface area contributed by atoms with Gasteiger partial charge < -0.3 is 11.1 Å². The molecule has 1 aromatic carbocycles. The van der Waals surface area contributed by atoms with Gasteiger partial charge in [-0.2, -0.15) is 23.5 Å². The van der Waals surface area contributed by atoms with Crippen molar-refractivity contribution in [2.24, 2.45) is 5.73 Å². The molecule has 35 heavy (non-hydrogen) atoms. The fraction of sp³-hybridized carbons (Fsp3) is 0.167. The van der Waals surface area contributed by atoms with Gasteiger partial charge in [-0.25, -0.2) is 9.07 Å². The standard InChI is InChI=1S/C24H17F4N7/c1-31-19-4-15(25)3-17-16(19)5-20-21(17)22(35-11-14(7-30)23(34-35)24(26,27)28)18(10-33-20)13-2-12(6-29)8-32-9-13/h2-4,8-11,31H,5,7,30H2,1H3. The molecule has 0 saturated carbocycles. The number of alkyl halides is 3. The lowest BCUT2D eigenvalue weighted by Gasteiger charge is -2.16. The van der Waals surface area contributed by atoms with Gasteiger partial charge in [0.05, 0.1) is 16.9 Å². The van der Waals surface area contributed by atoms with Crippen molar-refractivity contribution in [1.82, 2.24) is 19.7 Å². The average Bonchev–Trinajstić information content (AvgIpc) is 3.45. The molecule has 0 atom stereocenters. The van der Waals surface area contributed by atoms with Gasteiger partial charge in [-0.15, -0.1) is 0 Å². The lowest BCUT2D eigenvalue weighted by molar-refractivity contribution is -0.141. The van der Waals surface area contributed by atoms with Crippen LogP contribution in [0.15, 0.2) is 43.0 Å². The molecule has 3 aromatic heterocycles. The molecule has 0 spiro atoms. The molecule has 176 valence electrons. The zero-order chi connectivity index (χ0) is 24.9. The Morgan fingerprint density at radius 1 is 1.17 bits per heavy atom. The van der Waals surface area contributed by atoms with Crippen LogP contribution in [-0.4, -0.2) is 26.8 Å². The number of nitrogens with two attached hydrogens (primary N) is 1. The quantitative estimate of drug-likeness (QED) is 0.370. The number of hydrogen-bond donors (Lipinski definition) is 2. The lowest BCUT2D eigenvalue weighted by atomic mass is 9.98. The van der Waals surface area contributed by atoms with E-state index >= 15 is 0 Å². The zero-order valence-corrected chi connectivity index (χ0v) is 18.3. The highest BCUT2D eigenvalue weighted by atomic mass is 19.4. The molecule has 0 saturated heterocycles. The van der Waals surface area contributed by atoms with Gasteiger partial charge in [0.25, 0.3) is 0 Å². The van der Waals surface area contributed by atoms with E-state index in [-0.39, 0.29) is 23.4 Å². The molecular weight excluding hydrogens is 462 g/mol. The van der Waals surface area contributed by atoms with E-state index in [0.29, 0.717) is 40.1 Å². The second-order valence-corrected chi connectivity index (χ2v) is 7.97. The molecule has 0 bridgehead atoms. The predicted octanol–water partition coefficient (Wildman–Crippen LogP) is 4.43. The van der Waals surface area contributed by atoms with E-state index < -0.39 is 17.7 Å². The molecule has 0 unspecified atom stereocenters. The van der Waals surface area contributed by atoms with E-state index in [4.69, 9.17) is 5.73 Å². The molecule has 0 amide bonds. The number of halogens is 4. The van der Waals surface area contributed by atoms with E-state index in [1.165, 1.54) is 36.9 Å². The van der Waals surface area contributed by atoms with E-state index in [9.17, 15) is 22.8 Å². The maximum atomic E-state index is 14.5. The largest absolute Gasteiger partial charge is 0.435 e. The zero-order valence-electron chi connectivity index (χ0n) is 18.3. The Labute approximate surface area is 196 Å². The molecule has 0 aliphatic heterocycles. The molecule has 1 aliphatic carbocycles. The van der Waals surface area contributed by atoms with Gasteiger partial charge in [0.1, 0.15) is 11.9 Å². The van der Waals surface area contributed by atoms with Crippen molar-refractivity contribution >= 4 is 5.69 Å². The van der Waals surface area contributed by atoms with Crippen molar-refractivity contribution in [3.05, 3.63) is 76.9 Å². The van der Waals surface area contributed by atoms with Crippen LogP contribution in [0.3, 0.4) is 0 Å². The van der Waals surface area contributed by atoms with Gasteiger partial charge in [-0.1, -0.05) is 0 Å². The summed E-state index contributed by atoms with van der Waals surface area (Å²) in [6.07, 6.45) is 1.21. The fourth-order valence-corrected chi connectivity index (χ4v) is 4.41. The van der Waals surface area contributed by atoms with E-state index in [1.807, 2.05) is 6.07 Å². The number of aromatic nitrogens is 4. The number of fused-ring (bicyclic) bond motifs is 3. The third-order valence-electron chi connectivity index (χ3n) is 5.91. The summed E-state index contributed by atoms with van der Waals surface area (Å²) in [6, 6.07) is 6.24. The first-order valence-corrected chi connectivity index (χ1v) is 10.5. The summed E-state index contributed by atoms with van der Waals surface area (Å²) in [5, 5.41) is 16.1. The molecule has 5 rings (SSSR count). The molecule has 1 aliphatic rings. The topological polar surface area (TPSA) is 105 Å². The number of anilines is 1. The number of hydrogen-bond acceptors (Lipinski definition) is 6. The van der Waals surface area contributed by atoms with Crippen LogP contribution in [0.25, 0.3) is 27.9 Å². The second kappa shape index (κ2) is 8.18. The van der Waals surface area contributed by atoms with Crippen molar-refractivity contribution in [2.45, 2.75) is 19.1 Å². The van der Waals surface area contributed by atoms with Gasteiger partial charge in [-0.05, 0) is 29.3 Å². The maximum Gasteiger partial charge on any atom is 0.435 e. The Morgan fingerprint density at radius 3 is 2.63 bits per heavy atom. The van der Waals surface area contributed by atoms with Gasteiger partial charge in [0.2, 0.25) is 0 Å². The highest BCUT2D eigenvalue weighted by molar-refractivity contribution is 5.92. The number of nitrogens with zero attached hydrogens (tertiary/aromatic N) is 5. The molecule has 3 heterocycles. The maximum absolute atomic E-state index is 14.5. The van der Waals surface area contributed by atoms with Crippen LogP contribution in [0.5, 0.6) is 0 Å². The van der Waals surface area contributed by atoms with Crippen LogP contribution in [0, 0.1) is 17.1 Å². The number of nitriles is 1. The number of rotatable bonds is 4. The van der Waals surface area contributed by atoms with Crippen LogP contribution in [0.2, 0.25) is 0 Å². The Kier molecular flexibility index (Phi) is 5.25. The minimum atomic E-state index is -4.72. The average molecular weight is 479 g/mol. The van der Waals surface area contributed by atoms with Crippen molar-refractivity contribution < 1.29 is 17.6 Å². The fourth-order valence-electron chi connectivity index (χ4n) is 4.41. The van der Waals surface area contributed by atoms with Crippen molar-refractivity contribution in [1.29, 1.82) is 5.26 Å². The van der Waals surface area contributed by atoms with Crippen LogP contribution >= 0.6 is 0 Å². The van der Waals surface area contributed by atoms with E-state index in [0.717, 1.165) is 10.2 Å². The van der Waals surface area contributed by atoms with Gasteiger partial charge in [0, 0.05) is 72.7 Å².